The molecule has 1 aromatic carbocycles. The predicted octanol–water partition coefficient (Wildman–Crippen LogP) is 1.97. The van der Waals surface area contributed by atoms with Gasteiger partial charge in [-0.3, -0.25) is 4.79 Å². The lowest BCUT2D eigenvalue weighted by atomic mass is 10.2. The number of carbonyl (C=O) groups is 2. The second-order valence-corrected chi connectivity index (χ2v) is 5.82. The maximum Gasteiger partial charge on any atom is 0.317 e. The fourth-order valence-electron chi connectivity index (χ4n) is 2.75. The van der Waals surface area contributed by atoms with E-state index in [4.69, 9.17) is 4.74 Å². The van der Waals surface area contributed by atoms with E-state index < -0.39 is 0 Å². The third-order valence-electron chi connectivity index (χ3n) is 4.21. The van der Waals surface area contributed by atoms with Crippen LogP contribution in [0.3, 0.4) is 0 Å². The molecule has 0 aliphatic carbocycles. The van der Waals surface area contributed by atoms with Crippen molar-refractivity contribution in [2.24, 2.45) is 0 Å². The van der Waals surface area contributed by atoms with Crippen LogP contribution in [0.4, 0.5) is 4.79 Å². The third-order valence-corrected chi connectivity index (χ3v) is 4.21. The zero-order chi connectivity index (χ0) is 17.4. The largest absolute Gasteiger partial charge is 0.377 e. The van der Waals surface area contributed by atoms with Gasteiger partial charge in [-0.25, -0.2) is 4.79 Å². The molecule has 1 saturated heterocycles. The van der Waals surface area contributed by atoms with Gasteiger partial charge >= 0.3 is 6.03 Å². The Morgan fingerprint density at radius 3 is 2.29 bits per heavy atom. The van der Waals surface area contributed by atoms with Crippen LogP contribution < -0.4 is 5.32 Å². The first-order valence-corrected chi connectivity index (χ1v) is 8.64. The second kappa shape index (κ2) is 9.27. The molecule has 3 amide bonds. The highest BCUT2D eigenvalue weighted by Crippen LogP contribution is 2.09. The van der Waals surface area contributed by atoms with Gasteiger partial charge in [0, 0.05) is 44.9 Å². The van der Waals surface area contributed by atoms with Crippen molar-refractivity contribution in [1.82, 2.24) is 15.1 Å². The minimum absolute atomic E-state index is 0.0260. The fourth-order valence-corrected chi connectivity index (χ4v) is 2.75. The normalized spacial score (nSPS) is 15.9. The zero-order valence-electron chi connectivity index (χ0n) is 14.5. The summed E-state index contributed by atoms with van der Waals surface area (Å²) in [4.78, 5) is 28.2. The fraction of sp³-hybridized carbons (Fsp3) is 0.556. The molecular weight excluding hydrogens is 306 g/mol. The minimum Gasteiger partial charge on any atom is -0.377 e. The Morgan fingerprint density at radius 2 is 1.71 bits per heavy atom. The monoisotopic (exact) mass is 333 g/mol. The van der Waals surface area contributed by atoms with Crippen LogP contribution in [0.5, 0.6) is 0 Å². The maximum atomic E-state index is 12.4. The number of piperazine rings is 1. The zero-order valence-corrected chi connectivity index (χ0v) is 14.5. The Morgan fingerprint density at radius 1 is 1.08 bits per heavy atom. The summed E-state index contributed by atoms with van der Waals surface area (Å²) in [5.74, 6) is 0.0260. The Bertz CT molecular complexity index is 528. The molecule has 6 nitrogen and oxygen atoms in total. The van der Waals surface area contributed by atoms with Crippen molar-refractivity contribution in [3.63, 3.8) is 0 Å². The van der Waals surface area contributed by atoms with Gasteiger partial charge in [-0.15, -0.1) is 0 Å². The molecule has 1 fully saturated rings. The number of amides is 3. The molecule has 0 unspecified atom stereocenters. The smallest absolute Gasteiger partial charge is 0.317 e. The highest BCUT2D eigenvalue weighted by atomic mass is 16.5. The SMILES string of the molecule is CCO[C@H](CC)CNC(=O)N1CCN(C(=O)c2ccccc2)CC1. The van der Waals surface area contributed by atoms with Crippen LogP contribution in [0.25, 0.3) is 0 Å². The molecule has 1 aromatic rings. The summed E-state index contributed by atoms with van der Waals surface area (Å²) in [6.45, 7) is 7.38. The molecule has 1 atom stereocenters. The van der Waals surface area contributed by atoms with Crippen LogP contribution in [-0.4, -0.2) is 67.2 Å². The first-order chi connectivity index (χ1) is 11.7. The number of hydrogen-bond acceptors (Lipinski definition) is 3. The standard InChI is InChI=1S/C18H27N3O3/c1-3-16(24-4-2)14-19-18(23)21-12-10-20(11-13-21)17(22)15-8-6-5-7-9-15/h5-9,16H,3-4,10-14H2,1-2H3,(H,19,23)/t16-/m1/s1. The quantitative estimate of drug-likeness (QED) is 0.866. The van der Waals surface area contributed by atoms with Crippen molar-refractivity contribution in [3.05, 3.63) is 35.9 Å². The summed E-state index contributed by atoms with van der Waals surface area (Å²) in [5.41, 5.74) is 0.693. The van der Waals surface area contributed by atoms with E-state index in [1.54, 1.807) is 9.80 Å². The maximum absolute atomic E-state index is 12.4. The Kier molecular flexibility index (Phi) is 7.06. The number of benzene rings is 1. The molecule has 2 rings (SSSR count). The Labute approximate surface area is 143 Å². The number of rotatable bonds is 6. The van der Waals surface area contributed by atoms with E-state index in [9.17, 15) is 9.59 Å². The van der Waals surface area contributed by atoms with Gasteiger partial charge < -0.3 is 19.9 Å². The third kappa shape index (κ3) is 4.96. The molecule has 6 heteroatoms. The van der Waals surface area contributed by atoms with Crippen molar-refractivity contribution < 1.29 is 14.3 Å². The van der Waals surface area contributed by atoms with Crippen molar-refractivity contribution in [1.29, 1.82) is 0 Å². The molecule has 0 bridgehead atoms. The summed E-state index contributed by atoms with van der Waals surface area (Å²) < 4.78 is 5.54. The molecule has 1 N–H and O–H groups in total. The van der Waals surface area contributed by atoms with E-state index in [-0.39, 0.29) is 18.0 Å². The molecule has 0 radical (unpaired) electrons. The molecule has 1 heterocycles. The van der Waals surface area contributed by atoms with Gasteiger partial charge in [-0.1, -0.05) is 25.1 Å². The molecular formula is C18H27N3O3. The molecule has 0 spiro atoms. The van der Waals surface area contributed by atoms with Crippen LogP contribution in [0, 0.1) is 0 Å². The Hall–Kier alpha value is -2.08. The minimum atomic E-state index is -0.0834. The number of carbonyl (C=O) groups excluding carboxylic acids is 2. The van der Waals surface area contributed by atoms with Gasteiger partial charge in [0.15, 0.2) is 0 Å². The molecule has 24 heavy (non-hydrogen) atoms. The number of nitrogens with zero attached hydrogens (tertiary/aromatic N) is 2. The van der Waals surface area contributed by atoms with Crippen molar-refractivity contribution >= 4 is 11.9 Å². The first kappa shape index (κ1) is 18.3. The van der Waals surface area contributed by atoms with Crippen LogP contribution in [0.2, 0.25) is 0 Å². The topological polar surface area (TPSA) is 61.9 Å². The van der Waals surface area contributed by atoms with Crippen molar-refractivity contribution in [3.8, 4) is 0 Å². The average Bonchev–Trinajstić information content (AvgIpc) is 2.65. The van der Waals surface area contributed by atoms with Crippen LogP contribution >= 0.6 is 0 Å². The summed E-state index contributed by atoms with van der Waals surface area (Å²) >= 11 is 0. The van der Waals surface area contributed by atoms with E-state index in [0.29, 0.717) is 44.9 Å². The predicted molar refractivity (Wildman–Crippen MR) is 93.0 cm³/mol. The van der Waals surface area contributed by atoms with Crippen molar-refractivity contribution in [2.75, 3.05) is 39.3 Å². The van der Waals surface area contributed by atoms with Crippen molar-refractivity contribution in [2.45, 2.75) is 26.4 Å². The summed E-state index contributed by atoms with van der Waals surface area (Å²) in [7, 11) is 0. The van der Waals surface area contributed by atoms with Gasteiger partial charge in [0.1, 0.15) is 0 Å². The van der Waals surface area contributed by atoms with Gasteiger partial charge in [0.2, 0.25) is 0 Å². The number of nitrogens with one attached hydrogen (secondary N) is 1. The lowest BCUT2D eigenvalue weighted by molar-refractivity contribution is 0.0578. The summed E-state index contributed by atoms with van der Waals surface area (Å²) in [6.07, 6.45) is 0.924. The van der Waals surface area contributed by atoms with E-state index >= 15 is 0 Å². The van der Waals surface area contributed by atoms with Crippen LogP contribution in [0.1, 0.15) is 30.6 Å². The molecule has 1 aliphatic rings. The van der Waals surface area contributed by atoms with Gasteiger partial charge in [-0.05, 0) is 25.5 Å². The van der Waals surface area contributed by atoms with E-state index in [1.807, 2.05) is 44.2 Å². The van der Waals surface area contributed by atoms with E-state index in [0.717, 1.165) is 6.42 Å². The highest BCUT2D eigenvalue weighted by molar-refractivity contribution is 5.94. The van der Waals surface area contributed by atoms with E-state index in [1.165, 1.54) is 0 Å². The number of hydrogen-bond donors (Lipinski definition) is 1. The lowest BCUT2D eigenvalue weighted by Crippen LogP contribution is -2.53. The second-order valence-electron chi connectivity index (χ2n) is 5.82. The molecule has 132 valence electrons. The summed E-state index contributed by atoms with van der Waals surface area (Å²) in [5, 5.41) is 2.92. The van der Waals surface area contributed by atoms with Gasteiger partial charge in [-0.2, -0.15) is 0 Å². The van der Waals surface area contributed by atoms with Crippen LogP contribution in [-0.2, 0) is 4.74 Å². The number of ether oxygens (including phenoxy) is 1. The summed E-state index contributed by atoms with van der Waals surface area (Å²) in [6, 6.07) is 9.17. The van der Waals surface area contributed by atoms with Crippen LogP contribution in [0.15, 0.2) is 30.3 Å². The van der Waals surface area contributed by atoms with E-state index in [2.05, 4.69) is 5.32 Å². The molecule has 1 aliphatic heterocycles. The highest BCUT2D eigenvalue weighted by Gasteiger charge is 2.24. The lowest BCUT2D eigenvalue weighted by Gasteiger charge is -2.35. The van der Waals surface area contributed by atoms with Gasteiger partial charge in [0.05, 0.1) is 6.10 Å². The average molecular weight is 333 g/mol. The molecule has 0 aromatic heterocycles. The number of urea groups is 1. The first-order valence-electron chi connectivity index (χ1n) is 8.64. The van der Waals surface area contributed by atoms with Gasteiger partial charge in [0.25, 0.3) is 5.91 Å². The molecule has 0 saturated carbocycles. The Balaban J connectivity index is 1.77.